The summed E-state index contributed by atoms with van der Waals surface area (Å²) >= 11 is 6.66. The molecule has 0 bridgehead atoms. The van der Waals surface area contributed by atoms with Crippen molar-refractivity contribution >= 4 is 31.9 Å². The molecule has 0 saturated heterocycles. The van der Waals surface area contributed by atoms with Gasteiger partial charge in [0.2, 0.25) is 0 Å². The van der Waals surface area contributed by atoms with Crippen molar-refractivity contribution in [2.45, 2.75) is 0 Å². The Bertz CT molecular complexity index is 319. The van der Waals surface area contributed by atoms with Crippen molar-refractivity contribution in [2.24, 2.45) is 0 Å². The predicted octanol–water partition coefficient (Wildman–Crippen LogP) is 3.11. The van der Waals surface area contributed by atoms with Crippen LogP contribution in [-0.4, -0.2) is 6.61 Å². The molecule has 0 amide bonds. The van der Waals surface area contributed by atoms with Gasteiger partial charge in [-0.2, -0.15) is 5.26 Å². The first-order valence-corrected chi connectivity index (χ1v) is 4.77. The standard InChI is InChI=1S/C8H5Br2NO/c9-7-2-1-6(5-8(7)10)12-4-3-11/h1-2,5H,4H2. The molecule has 0 aliphatic carbocycles. The van der Waals surface area contributed by atoms with Crippen molar-refractivity contribution in [2.75, 3.05) is 6.61 Å². The number of ether oxygens (including phenoxy) is 1. The van der Waals surface area contributed by atoms with Crippen LogP contribution in [0.15, 0.2) is 27.1 Å². The van der Waals surface area contributed by atoms with Crippen molar-refractivity contribution in [1.82, 2.24) is 0 Å². The van der Waals surface area contributed by atoms with Gasteiger partial charge in [-0.3, -0.25) is 0 Å². The molecule has 0 fully saturated rings. The van der Waals surface area contributed by atoms with E-state index < -0.39 is 0 Å². The Kier molecular flexibility index (Phi) is 3.57. The van der Waals surface area contributed by atoms with Gasteiger partial charge < -0.3 is 4.74 Å². The molecule has 62 valence electrons. The van der Waals surface area contributed by atoms with Crippen LogP contribution in [0.5, 0.6) is 5.75 Å². The van der Waals surface area contributed by atoms with Gasteiger partial charge in [0.1, 0.15) is 11.8 Å². The molecule has 4 heteroatoms. The largest absolute Gasteiger partial charge is 0.479 e. The van der Waals surface area contributed by atoms with E-state index in [9.17, 15) is 0 Å². The molecule has 1 aromatic carbocycles. The average molecular weight is 291 g/mol. The molecule has 0 heterocycles. The molecule has 2 nitrogen and oxygen atoms in total. The lowest BCUT2D eigenvalue weighted by molar-refractivity contribution is 0.368. The number of nitrogens with zero attached hydrogens (tertiary/aromatic N) is 1. The van der Waals surface area contributed by atoms with Gasteiger partial charge in [0.25, 0.3) is 0 Å². The molecule has 0 aliphatic rings. The van der Waals surface area contributed by atoms with Gasteiger partial charge >= 0.3 is 0 Å². The molecule has 1 rings (SSSR count). The molecule has 0 saturated carbocycles. The zero-order chi connectivity index (χ0) is 8.97. The highest BCUT2D eigenvalue weighted by Gasteiger charge is 1.98. The highest BCUT2D eigenvalue weighted by atomic mass is 79.9. The quantitative estimate of drug-likeness (QED) is 0.838. The van der Waals surface area contributed by atoms with Crippen LogP contribution in [0.4, 0.5) is 0 Å². The van der Waals surface area contributed by atoms with Gasteiger partial charge in [0.15, 0.2) is 6.61 Å². The van der Waals surface area contributed by atoms with E-state index >= 15 is 0 Å². The maximum Gasteiger partial charge on any atom is 0.174 e. The molecule has 0 N–H and O–H groups in total. The van der Waals surface area contributed by atoms with Crippen LogP contribution < -0.4 is 4.74 Å². The Morgan fingerprint density at radius 3 is 2.67 bits per heavy atom. The van der Waals surface area contributed by atoms with Gasteiger partial charge in [0.05, 0.1) is 0 Å². The Morgan fingerprint density at radius 1 is 1.33 bits per heavy atom. The topological polar surface area (TPSA) is 33.0 Å². The van der Waals surface area contributed by atoms with E-state index in [0.29, 0.717) is 5.75 Å². The molecule has 0 spiro atoms. The van der Waals surface area contributed by atoms with Crippen LogP contribution in [-0.2, 0) is 0 Å². The maximum atomic E-state index is 8.26. The fourth-order valence-electron chi connectivity index (χ4n) is 0.682. The summed E-state index contributed by atoms with van der Waals surface area (Å²) < 4.78 is 6.96. The molecular weight excluding hydrogens is 286 g/mol. The van der Waals surface area contributed by atoms with E-state index in [1.807, 2.05) is 12.1 Å². The van der Waals surface area contributed by atoms with Crippen molar-refractivity contribution in [1.29, 1.82) is 5.26 Å². The minimum Gasteiger partial charge on any atom is -0.479 e. The molecule has 0 aliphatic heterocycles. The van der Waals surface area contributed by atoms with Crippen molar-refractivity contribution in [3.05, 3.63) is 27.1 Å². The second-order valence-electron chi connectivity index (χ2n) is 2.02. The first kappa shape index (κ1) is 9.56. The summed E-state index contributed by atoms with van der Waals surface area (Å²) in [5, 5.41) is 8.26. The highest BCUT2D eigenvalue weighted by Crippen LogP contribution is 2.26. The van der Waals surface area contributed by atoms with Gasteiger partial charge in [-0.05, 0) is 50.1 Å². The molecule has 0 radical (unpaired) electrons. The lowest BCUT2D eigenvalue weighted by Gasteiger charge is -2.02. The molecule has 0 aromatic heterocycles. The number of halogens is 2. The number of hydrogen-bond acceptors (Lipinski definition) is 2. The summed E-state index contributed by atoms with van der Waals surface area (Å²) in [5.41, 5.74) is 0. The smallest absolute Gasteiger partial charge is 0.174 e. The van der Waals surface area contributed by atoms with Crippen molar-refractivity contribution < 1.29 is 4.74 Å². The van der Waals surface area contributed by atoms with Crippen LogP contribution in [0.2, 0.25) is 0 Å². The summed E-state index contributed by atoms with van der Waals surface area (Å²) in [6, 6.07) is 7.36. The van der Waals surface area contributed by atoms with Crippen LogP contribution in [0.3, 0.4) is 0 Å². The number of benzene rings is 1. The normalized spacial score (nSPS) is 9.08. The van der Waals surface area contributed by atoms with Crippen LogP contribution in [0.1, 0.15) is 0 Å². The van der Waals surface area contributed by atoms with E-state index in [1.165, 1.54) is 0 Å². The first-order chi connectivity index (χ1) is 5.74. The van der Waals surface area contributed by atoms with E-state index in [1.54, 1.807) is 12.1 Å². The third kappa shape index (κ3) is 2.50. The molecule has 12 heavy (non-hydrogen) atoms. The minimum atomic E-state index is 0.0775. The first-order valence-electron chi connectivity index (χ1n) is 3.19. The molecule has 1 aromatic rings. The third-order valence-corrected chi connectivity index (χ3v) is 3.07. The summed E-state index contributed by atoms with van der Waals surface area (Å²) in [6.45, 7) is 0.0775. The van der Waals surface area contributed by atoms with Crippen molar-refractivity contribution in [3.63, 3.8) is 0 Å². The zero-order valence-electron chi connectivity index (χ0n) is 6.05. The zero-order valence-corrected chi connectivity index (χ0v) is 9.22. The van der Waals surface area contributed by atoms with Gasteiger partial charge in [-0.15, -0.1) is 0 Å². The van der Waals surface area contributed by atoms with Crippen LogP contribution >= 0.6 is 31.9 Å². The number of rotatable bonds is 2. The Morgan fingerprint density at radius 2 is 2.08 bits per heavy atom. The van der Waals surface area contributed by atoms with Gasteiger partial charge in [-0.25, -0.2) is 0 Å². The second kappa shape index (κ2) is 4.48. The summed E-state index contributed by atoms with van der Waals surface area (Å²) in [4.78, 5) is 0. The summed E-state index contributed by atoms with van der Waals surface area (Å²) in [7, 11) is 0. The van der Waals surface area contributed by atoms with E-state index in [2.05, 4.69) is 31.9 Å². The number of nitriles is 1. The lowest BCUT2D eigenvalue weighted by Crippen LogP contribution is -1.92. The monoisotopic (exact) mass is 289 g/mol. The van der Waals surface area contributed by atoms with E-state index in [4.69, 9.17) is 10.00 Å². The molecule has 0 atom stereocenters. The van der Waals surface area contributed by atoms with Crippen LogP contribution in [0.25, 0.3) is 0 Å². The fourth-order valence-corrected chi connectivity index (χ4v) is 1.29. The van der Waals surface area contributed by atoms with Crippen LogP contribution in [0, 0.1) is 11.3 Å². The predicted molar refractivity (Wildman–Crippen MR) is 53.0 cm³/mol. The molecule has 0 unspecified atom stereocenters. The Labute approximate surface area is 87.4 Å². The third-order valence-electron chi connectivity index (χ3n) is 1.19. The van der Waals surface area contributed by atoms with Crippen molar-refractivity contribution in [3.8, 4) is 11.8 Å². The van der Waals surface area contributed by atoms with E-state index in [-0.39, 0.29) is 6.61 Å². The maximum absolute atomic E-state index is 8.26. The van der Waals surface area contributed by atoms with Gasteiger partial charge in [-0.1, -0.05) is 0 Å². The SMILES string of the molecule is N#CCOc1ccc(Br)c(Br)c1. The fraction of sp³-hybridized carbons (Fsp3) is 0.125. The van der Waals surface area contributed by atoms with Gasteiger partial charge in [0, 0.05) is 8.95 Å². The summed E-state index contributed by atoms with van der Waals surface area (Å²) in [6.07, 6.45) is 0. The second-order valence-corrected chi connectivity index (χ2v) is 3.73. The van der Waals surface area contributed by atoms with E-state index in [0.717, 1.165) is 8.95 Å². The summed E-state index contributed by atoms with van der Waals surface area (Å²) in [5.74, 6) is 0.687. The Balaban J connectivity index is 2.77. The lowest BCUT2D eigenvalue weighted by atomic mass is 10.3. The number of hydrogen-bond donors (Lipinski definition) is 0. The Hall–Kier alpha value is -0.530. The molecular formula is C8H5Br2NO. The minimum absolute atomic E-state index is 0.0775. The average Bonchev–Trinajstić information content (AvgIpc) is 2.07. The highest BCUT2D eigenvalue weighted by molar-refractivity contribution is 9.13.